The summed E-state index contributed by atoms with van der Waals surface area (Å²) in [6, 6.07) is 0. The maximum Gasteiger partial charge on any atom is 0.0678 e. The summed E-state index contributed by atoms with van der Waals surface area (Å²) in [6.45, 7) is 32.2. The first-order valence-corrected chi connectivity index (χ1v) is 11.3. The van der Waals surface area contributed by atoms with Crippen molar-refractivity contribution in [1.82, 2.24) is 4.90 Å². The van der Waals surface area contributed by atoms with Crippen LogP contribution in [0, 0.1) is 10.8 Å². The SMILES string of the molecule is CC.CC.CC[N-]/C=C\N(C)C(C)(C)CC(C)(C)C(C)(C)OCCC(C)(C)C.[W]. The van der Waals surface area contributed by atoms with Crippen LogP contribution in [0.3, 0.4) is 0 Å². The van der Waals surface area contributed by atoms with Gasteiger partial charge in [-0.25, -0.2) is 0 Å². The van der Waals surface area contributed by atoms with Crippen LogP contribution in [-0.2, 0) is 25.8 Å². The Kier molecular flexibility index (Phi) is 20.9. The van der Waals surface area contributed by atoms with Gasteiger partial charge in [0.05, 0.1) is 5.60 Å². The predicted molar refractivity (Wildman–Crippen MR) is 130 cm³/mol. The molecule has 0 N–H and O–H groups in total. The fraction of sp³-hybridized carbons (Fsp3) is 0.920. The van der Waals surface area contributed by atoms with Crippen LogP contribution in [0.25, 0.3) is 5.32 Å². The maximum atomic E-state index is 6.34. The van der Waals surface area contributed by atoms with Crippen molar-refractivity contribution in [3.63, 3.8) is 0 Å². The average Bonchev–Trinajstić information content (AvgIpc) is 2.56. The number of rotatable bonds is 10. The van der Waals surface area contributed by atoms with E-state index in [2.05, 4.69) is 92.7 Å². The van der Waals surface area contributed by atoms with Crippen molar-refractivity contribution in [3.8, 4) is 0 Å². The monoisotopic (exact) mass is 583 g/mol. The third-order valence-electron chi connectivity index (χ3n) is 5.35. The molecule has 0 aliphatic rings. The first-order chi connectivity index (χ1) is 12.6. The van der Waals surface area contributed by atoms with Crippen LogP contribution in [0.1, 0.15) is 110 Å². The number of ether oxygens (including phenoxy) is 1. The van der Waals surface area contributed by atoms with E-state index >= 15 is 0 Å². The fourth-order valence-electron chi connectivity index (χ4n) is 2.68. The Morgan fingerprint density at radius 1 is 0.862 bits per heavy atom. The fourth-order valence-corrected chi connectivity index (χ4v) is 2.68. The van der Waals surface area contributed by atoms with Crippen molar-refractivity contribution in [3.05, 3.63) is 17.7 Å². The van der Waals surface area contributed by atoms with E-state index in [4.69, 9.17) is 4.74 Å². The molecule has 0 saturated heterocycles. The normalized spacial score (nSPS) is 12.2. The van der Waals surface area contributed by atoms with Crippen molar-refractivity contribution in [2.75, 3.05) is 20.2 Å². The van der Waals surface area contributed by atoms with Gasteiger partial charge in [-0.05, 0) is 57.6 Å². The molecular formula is C25H55N2OW-. The van der Waals surface area contributed by atoms with E-state index in [1.54, 1.807) is 0 Å². The topological polar surface area (TPSA) is 26.6 Å². The van der Waals surface area contributed by atoms with Crippen LogP contribution in [0.2, 0.25) is 0 Å². The van der Waals surface area contributed by atoms with Gasteiger partial charge in [0.2, 0.25) is 0 Å². The standard InChI is InChI=1S/C21H43N2O.2C2H6.W/c1-12-22-14-15-23(11)20(7,8)17-19(5,6)21(9,10)24-16-13-18(2,3)4;2*1-2;/h14-15H,12-13,16-17H2,1-11H3;2*1-2H3;/q-1;;;/b15-14-;;;. The van der Waals surface area contributed by atoms with E-state index in [1.807, 2.05) is 33.9 Å². The maximum absolute atomic E-state index is 6.34. The molecular weight excluding hydrogens is 528 g/mol. The second-order valence-electron chi connectivity index (χ2n) is 9.95. The molecule has 0 radical (unpaired) electrons. The Labute approximate surface area is 200 Å². The van der Waals surface area contributed by atoms with E-state index in [1.165, 1.54) is 0 Å². The molecule has 0 saturated carbocycles. The molecule has 0 spiro atoms. The summed E-state index contributed by atoms with van der Waals surface area (Å²) in [5.41, 5.74) is 0.230. The summed E-state index contributed by atoms with van der Waals surface area (Å²) in [5, 5.41) is 4.29. The van der Waals surface area contributed by atoms with E-state index < -0.39 is 0 Å². The van der Waals surface area contributed by atoms with Gasteiger partial charge < -0.3 is 15.0 Å². The van der Waals surface area contributed by atoms with Crippen LogP contribution >= 0.6 is 0 Å². The molecule has 29 heavy (non-hydrogen) atoms. The summed E-state index contributed by atoms with van der Waals surface area (Å²) in [7, 11) is 2.13. The molecule has 3 nitrogen and oxygen atoms in total. The van der Waals surface area contributed by atoms with Crippen LogP contribution in [-0.4, -0.2) is 36.2 Å². The van der Waals surface area contributed by atoms with Gasteiger partial charge in [-0.2, -0.15) is 6.20 Å². The number of hydrogen-bond donors (Lipinski definition) is 0. The Balaban J connectivity index is -0.000000584. The zero-order valence-electron chi connectivity index (χ0n) is 22.7. The van der Waals surface area contributed by atoms with Gasteiger partial charge in [-0.15, -0.1) is 6.54 Å². The van der Waals surface area contributed by atoms with Crippen LogP contribution < -0.4 is 0 Å². The minimum absolute atomic E-state index is 0. The summed E-state index contributed by atoms with van der Waals surface area (Å²) in [6.07, 6.45) is 6.10. The molecule has 0 atom stereocenters. The van der Waals surface area contributed by atoms with Crippen LogP contribution in [0.5, 0.6) is 0 Å². The van der Waals surface area contributed by atoms with Gasteiger partial charge in [0.1, 0.15) is 0 Å². The third kappa shape index (κ3) is 16.4. The zero-order valence-corrected chi connectivity index (χ0v) is 25.6. The molecule has 0 fully saturated rings. The molecule has 0 aromatic heterocycles. The van der Waals surface area contributed by atoms with Crippen molar-refractivity contribution >= 4 is 0 Å². The zero-order chi connectivity index (χ0) is 23.2. The smallest absolute Gasteiger partial charge is 0.0678 e. The van der Waals surface area contributed by atoms with E-state index in [0.717, 1.165) is 26.0 Å². The molecule has 0 unspecified atom stereocenters. The van der Waals surface area contributed by atoms with Crippen molar-refractivity contribution in [1.29, 1.82) is 0 Å². The van der Waals surface area contributed by atoms with Gasteiger partial charge in [-0.1, -0.05) is 69.2 Å². The summed E-state index contributed by atoms with van der Waals surface area (Å²) >= 11 is 0. The van der Waals surface area contributed by atoms with E-state index in [-0.39, 0.29) is 37.6 Å². The molecule has 0 aromatic carbocycles. The molecule has 0 aromatic rings. The molecule has 0 aliphatic carbocycles. The number of nitrogens with zero attached hydrogens (tertiary/aromatic N) is 2. The Bertz CT molecular complexity index is 396. The molecule has 0 bridgehead atoms. The van der Waals surface area contributed by atoms with Gasteiger partial charge in [-0.3, -0.25) is 0 Å². The van der Waals surface area contributed by atoms with E-state index in [0.29, 0.717) is 5.41 Å². The van der Waals surface area contributed by atoms with Crippen molar-refractivity contribution in [2.24, 2.45) is 10.8 Å². The molecule has 0 heterocycles. The number of hydrogen-bond acceptors (Lipinski definition) is 2. The summed E-state index contributed by atoms with van der Waals surface area (Å²) < 4.78 is 6.34. The van der Waals surface area contributed by atoms with Gasteiger partial charge >= 0.3 is 0 Å². The van der Waals surface area contributed by atoms with Crippen LogP contribution in [0.4, 0.5) is 0 Å². The molecule has 178 valence electrons. The molecule has 0 rings (SSSR count). The average molecular weight is 584 g/mol. The van der Waals surface area contributed by atoms with Gasteiger partial charge in [0, 0.05) is 40.3 Å². The molecule has 0 aliphatic heterocycles. The second kappa shape index (κ2) is 16.7. The second-order valence-corrected chi connectivity index (χ2v) is 9.95. The van der Waals surface area contributed by atoms with Gasteiger partial charge in [0.15, 0.2) is 0 Å². The third-order valence-corrected chi connectivity index (χ3v) is 5.35. The minimum Gasteiger partial charge on any atom is -0.690 e. The summed E-state index contributed by atoms with van der Waals surface area (Å²) in [4.78, 5) is 2.26. The van der Waals surface area contributed by atoms with Gasteiger partial charge in [0.25, 0.3) is 0 Å². The predicted octanol–water partition coefficient (Wildman–Crippen LogP) is 8.26. The quantitative estimate of drug-likeness (QED) is 0.259. The van der Waals surface area contributed by atoms with Crippen LogP contribution in [0.15, 0.2) is 12.4 Å². The first-order valence-electron chi connectivity index (χ1n) is 11.3. The largest absolute Gasteiger partial charge is 0.690 e. The van der Waals surface area contributed by atoms with E-state index in [9.17, 15) is 0 Å². The first kappa shape index (κ1) is 36.4. The Morgan fingerprint density at radius 3 is 1.69 bits per heavy atom. The summed E-state index contributed by atoms with van der Waals surface area (Å²) in [5.74, 6) is 0. The Morgan fingerprint density at radius 2 is 1.31 bits per heavy atom. The minimum atomic E-state index is -0.173. The molecule has 0 amide bonds. The Hall–Kier alpha value is -0.0117. The van der Waals surface area contributed by atoms with Crippen molar-refractivity contribution < 1.29 is 25.8 Å². The molecule has 4 heteroatoms. The van der Waals surface area contributed by atoms with Crippen molar-refractivity contribution in [2.45, 2.75) is 121 Å².